The van der Waals surface area contributed by atoms with E-state index in [0.717, 1.165) is 33.4 Å². The summed E-state index contributed by atoms with van der Waals surface area (Å²) in [6.45, 7) is 0. The lowest BCUT2D eigenvalue weighted by molar-refractivity contribution is -0.0399. The zero-order chi connectivity index (χ0) is 28.4. The van der Waals surface area contributed by atoms with Crippen LogP contribution in [0.5, 0.6) is 0 Å². The van der Waals surface area contributed by atoms with Crippen molar-refractivity contribution in [3.05, 3.63) is 114 Å². The van der Waals surface area contributed by atoms with Crippen LogP contribution in [0.15, 0.2) is 103 Å². The molecule has 0 unspecified atom stereocenters. The molecule has 0 saturated heterocycles. The summed E-state index contributed by atoms with van der Waals surface area (Å²) in [5.41, 5.74) is 9.12. The molecule has 11 rings (SSSR count). The number of fused-ring (bicyclic) bond motifs is 7. The minimum absolute atomic E-state index is 0.0744. The molecule has 4 bridgehead atoms. The highest BCUT2D eigenvalue weighted by molar-refractivity contribution is 6.66. The third kappa shape index (κ3) is 3.07. The highest BCUT2D eigenvalue weighted by Gasteiger charge is 2.61. The molecule has 5 aliphatic rings. The molecule has 3 heteroatoms. The van der Waals surface area contributed by atoms with Crippen molar-refractivity contribution in [3.8, 4) is 22.3 Å². The van der Waals surface area contributed by atoms with Gasteiger partial charge in [-0.15, -0.1) is 0 Å². The van der Waals surface area contributed by atoms with E-state index in [4.69, 9.17) is 0 Å². The van der Waals surface area contributed by atoms with Crippen molar-refractivity contribution in [1.82, 2.24) is 0 Å². The van der Waals surface area contributed by atoms with E-state index in [1.165, 1.54) is 65.1 Å². The molecular formula is C40H33BO2. The lowest BCUT2D eigenvalue weighted by Crippen LogP contribution is -2.55. The van der Waals surface area contributed by atoms with Crippen molar-refractivity contribution in [2.45, 2.75) is 37.5 Å². The van der Waals surface area contributed by atoms with Crippen LogP contribution >= 0.6 is 0 Å². The first-order valence-electron chi connectivity index (χ1n) is 16.1. The molecule has 0 radical (unpaired) electrons. The van der Waals surface area contributed by atoms with Crippen molar-refractivity contribution >= 4 is 44.9 Å². The topological polar surface area (TPSA) is 40.5 Å². The Labute approximate surface area is 252 Å². The third-order valence-electron chi connectivity index (χ3n) is 12.1. The summed E-state index contributed by atoms with van der Waals surface area (Å²) < 4.78 is 0. The van der Waals surface area contributed by atoms with Gasteiger partial charge in [0.1, 0.15) is 0 Å². The quantitative estimate of drug-likeness (QED) is 0.167. The monoisotopic (exact) mass is 556 g/mol. The van der Waals surface area contributed by atoms with Gasteiger partial charge in [0.25, 0.3) is 0 Å². The predicted octanol–water partition coefficient (Wildman–Crippen LogP) is 8.22. The van der Waals surface area contributed by atoms with Crippen LogP contribution in [0.2, 0.25) is 0 Å². The van der Waals surface area contributed by atoms with Gasteiger partial charge < -0.3 is 10.0 Å². The summed E-state index contributed by atoms with van der Waals surface area (Å²) in [7, 11) is -1.54. The first-order valence-corrected chi connectivity index (χ1v) is 16.1. The van der Waals surface area contributed by atoms with E-state index in [1.807, 2.05) is 24.3 Å². The molecule has 0 heterocycles. The van der Waals surface area contributed by atoms with Crippen molar-refractivity contribution in [2.75, 3.05) is 0 Å². The molecule has 43 heavy (non-hydrogen) atoms. The highest BCUT2D eigenvalue weighted by atomic mass is 16.4. The number of benzene rings is 6. The van der Waals surface area contributed by atoms with Crippen LogP contribution in [0, 0.1) is 23.7 Å². The molecule has 6 aromatic carbocycles. The molecule has 2 N–H and O–H groups in total. The summed E-state index contributed by atoms with van der Waals surface area (Å²) in [5, 5.41) is 27.7. The van der Waals surface area contributed by atoms with Crippen LogP contribution in [-0.4, -0.2) is 17.2 Å². The molecule has 0 aromatic heterocycles. The molecular weight excluding hydrogens is 523 g/mol. The first-order chi connectivity index (χ1) is 21.1. The molecule has 208 valence electrons. The van der Waals surface area contributed by atoms with Gasteiger partial charge in [-0.05, 0) is 133 Å². The summed E-state index contributed by atoms with van der Waals surface area (Å²) in [5.74, 6) is 3.19. The molecule has 2 nitrogen and oxygen atoms in total. The van der Waals surface area contributed by atoms with Crippen LogP contribution in [-0.2, 0) is 5.41 Å². The van der Waals surface area contributed by atoms with E-state index in [1.54, 1.807) is 11.1 Å². The minimum Gasteiger partial charge on any atom is -0.423 e. The van der Waals surface area contributed by atoms with Crippen LogP contribution in [0.25, 0.3) is 54.6 Å². The molecule has 5 aliphatic carbocycles. The highest BCUT2D eigenvalue weighted by Crippen LogP contribution is 2.70. The van der Waals surface area contributed by atoms with Gasteiger partial charge >= 0.3 is 7.12 Å². The van der Waals surface area contributed by atoms with E-state index in [0.29, 0.717) is 17.3 Å². The Bertz CT molecular complexity index is 2060. The van der Waals surface area contributed by atoms with Gasteiger partial charge in [-0.1, -0.05) is 97.1 Å². The van der Waals surface area contributed by atoms with Crippen LogP contribution in [0.4, 0.5) is 0 Å². The summed E-state index contributed by atoms with van der Waals surface area (Å²) >= 11 is 0. The average molecular weight is 557 g/mol. The van der Waals surface area contributed by atoms with Gasteiger partial charge in [0, 0.05) is 5.41 Å². The smallest absolute Gasteiger partial charge is 0.423 e. The fourth-order valence-corrected chi connectivity index (χ4v) is 10.9. The van der Waals surface area contributed by atoms with Crippen molar-refractivity contribution in [3.63, 3.8) is 0 Å². The maximum Gasteiger partial charge on any atom is 0.489 e. The lowest BCUT2D eigenvalue weighted by Gasteiger charge is -2.61. The Balaban J connectivity index is 1.31. The molecule has 0 amide bonds. The fourth-order valence-electron chi connectivity index (χ4n) is 10.9. The van der Waals surface area contributed by atoms with Gasteiger partial charge in [0.05, 0.1) is 0 Å². The van der Waals surface area contributed by atoms with Gasteiger partial charge in [0.15, 0.2) is 0 Å². The van der Waals surface area contributed by atoms with Crippen molar-refractivity contribution in [1.29, 1.82) is 0 Å². The van der Waals surface area contributed by atoms with Crippen molar-refractivity contribution in [2.24, 2.45) is 23.7 Å². The third-order valence-corrected chi connectivity index (χ3v) is 12.1. The zero-order valence-electron chi connectivity index (χ0n) is 24.1. The van der Waals surface area contributed by atoms with E-state index in [2.05, 4.69) is 78.9 Å². The van der Waals surface area contributed by atoms with E-state index >= 15 is 0 Å². The Morgan fingerprint density at radius 3 is 1.74 bits per heavy atom. The van der Waals surface area contributed by atoms with Crippen LogP contribution in [0.3, 0.4) is 0 Å². The SMILES string of the molecule is OB(O)c1c2ccccc2c(-c2ccc3c(c2)C2(c4ccc5ccccc5c4-3)C3CC4CC(C3)CC2C4)c2ccccc12. The summed E-state index contributed by atoms with van der Waals surface area (Å²) in [6, 6.07) is 37.7. The van der Waals surface area contributed by atoms with Gasteiger partial charge in [0.2, 0.25) is 0 Å². The second-order valence-corrected chi connectivity index (χ2v) is 13.9. The van der Waals surface area contributed by atoms with Crippen molar-refractivity contribution < 1.29 is 10.0 Å². The second kappa shape index (κ2) is 8.59. The number of rotatable bonds is 2. The van der Waals surface area contributed by atoms with E-state index in [-0.39, 0.29) is 5.41 Å². The zero-order valence-corrected chi connectivity index (χ0v) is 24.1. The Hall–Kier alpha value is -3.92. The predicted molar refractivity (Wildman–Crippen MR) is 177 cm³/mol. The maximum atomic E-state index is 10.5. The normalized spacial score (nSPS) is 26.5. The largest absolute Gasteiger partial charge is 0.489 e. The molecule has 4 saturated carbocycles. The number of hydrogen-bond acceptors (Lipinski definition) is 2. The molecule has 0 atom stereocenters. The fraction of sp³-hybridized carbons (Fsp3) is 0.250. The number of hydrogen-bond donors (Lipinski definition) is 2. The van der Waals surface area contributed by atoms with Gasteiger partial charge in [-0.25, -0.2) is 0 Å². The maximum absolute atomic E-state index is 10.5. The standard InChI is InChI=1S/C40H33BO2/c42-41(43)39-32-11-5-3-9-30(32)37(31-10-4-6-12-33(31)39)26-13-15-34-36(22-26)40(27-18-23-17-24(20-27)21-28(40)19-23)35-16-14-25-7-1-2-8-29(25)38(34)35/h1-16,22-24,27-28,42-43H,17-21H2. The second-order valence-electron chi connectivity index (χ2n) is 13.9. The average Bonchev–Trinajstić information content (AvgIpc) is 3.32. The molecule has 0 aliphatic heterocycles. The van der Waals surface area contributed by atoms with Gasteiger partial charge in [-0.3, -0.25) is 0 Å². The lowest BCUT2D eigenvalue weighted by atomic mass is 9.43. The molecule has 4 fully saturated rings. The van der Waals surface area contributed by atoms with Crippen LogP contribution in [0.1, 0.15) is 43.2 Å². The molecule has 1 spiro atoms. The minimum atomic E-state index is -1.54. The Morgan fingerprint density at radius 2 is 1.12 bits per heavy atom. The van der Waals surface area contributed by atoms with E-state index in [9.17, 15) is 10.0 Å². The summed E-state index contributed by atoms with van der Waals surface area (Å²) in [4.78, 5) is 0. The first kappa shape index (κ1) is 24.5. The molecule has 6 aromatic rings. The Morgan fingerprint density at radius 1 is 0.535 bits per heavy atom. The Kier molecular flexibility index (Phi) is 4.90. The van der Waals surface area contributed by atoms with Gasteiger partial charge in [-0.2, -0.15) is 0 Å². The van der Waals surface area contributed by atoms with E-state index < -0.39 is 7.12 Å². The van der Waals surface area contributed by atoms with Crippen LogP contribution < -0.4 is 5.46 Å². The summed E-state index contributed by atoms with van der Waals surface area (Å²) in [6.07, 6.45) is 6.88.